The maximum atomic E-state index is 11.5. The van der Waals surface area contributed by atoms with Gasteiger partial charge in [0.1, 0.15) is 24.4 Å². The number of nitrogens with one attached hydrogen (secondary N) is 1. The molecule has 6 unspecified atom stereocenters. The van der Waals surface area contributed by atoms with Crippen LogP contribution in [0.25, 0.3) is 0 Å². The lowest BCUT2D eigenvalue weighted by Gasteiger charge is -2.45. The molecule has 12 heteroatoms. The minimum atomic E-state index is -4.13. The zero-order valence-corrected chi connectivity index (χ0v) is 18.6. The average Bonchev–Trinajstić information content (AvgIpc) is 2.58. The summed E-state index contributed by atoms with van der Waals surface area (Å²) in [6.45, 7) is 7.69. The summed E-state index contributed by atoms with van der Waals surface area (Å²) in [7, 11) is -3.05. The van der Waals surface area contributed by atoms with Crippen LogP contribution in [0.5, 0.6) is 0 Å². The lowest BCUT2D eigenvalue weighted by atomic mass is 9.82. The van der Waals surface area contributed by atoms with E-state index in [0.717, 1.165) is 7.11 Å². The van der Waals surface area contributed by atoms with Crippen molar-refractivity contribution >= 4 is 13.7 Å². The lowest BCUT2D eigenvalue weighted by Crippen LogP contribution is -2.65. The van der Waals surface area contributed by atoms with E-state index in [4.69, 9.17) is 14.0 Å². The average molecular weight is 443 g/mol. The third-order valence-corrected chi connectivity index (χ3v) is 5.36. The summed E-state index contributed by atoms with van der Waals surface area (Å²) in [5.74, 6) is -0.453. The van der Waals surface area contributed by atoms with Crippen molar-refractivity contribution in [3.63, 3.8) is 0 Å². The molecule has 0 bridgehead atoms. The monoisotopic (exact) mass is 443 g/mol. The third kappa shape index (κ3) is 8.20. The first kappa shape index (κ1) is 26.4. The molecule has 11 nitrogen and oxygen atoms in total. The first-order valence-corrected chi connectivity index (χ1v) is 10.7. The van der Waals surface area contributed by atoms with Gasteiger partial charge in [0, 0.05) is 14.0 Å². The highest BCUT2D eigenvalue weighted by Gasteiger charge is 2.47. The fourth-order valence-corrected chi connectivity index (χ4v) is 4.06. The molecule has 0 aliphatic carbocycles. The predicted molar refractivity (Wildman–Crippen MR) is 102 cm³/mol. The highest BCUT2D eigenvalue weighted by atomic mass is 31.2. The van der Waals surface area contributed by atoms with E-state index in [-0.39, 0.29) is 6.61 Å². The van der Waals surface area contributed by atoms with Gasteiger partial charge in [-0.3, -0.25) is 13.8 Å². The number of carbonyl (C=O) groups is 1. The standard InChI is InChI=1S/C17H34NO10P/c1-10(20)18-12-14(22)13(21)11(7-19)27-15(12)28-17(4,5)8-16(2,3)9-26-29(23,24)25-6/h11-15,19,21-22H,7-9H2,1-6H3,(H,18,20)(H,23,24). The summed E-state index contributed by atoms with van der Waals surface area (Å²) >= 11 is 0. The van der Waals surface area contributed by atoms with Gasteiger partial charge in [-0.15, -0.1) is 0 Å². The maximum absolute atomic E-state index is 11.5. The first-order chi connectivity index (χ1) is 13.1. The molecule has 0 radical (unpaired) electrons. The van der Waals surface area contributed by atoms with Gasteiger partial charge in [-0.1, -0.05) is 13.8 Å². The Balaban J connectivity index is 2.91. The molecule has 0 spiro atoms. The van der Waals surface area contributed by atoms with Crippen LogP contribution in [0.1, 0.15) is 41.0 Å². The van der Waals surface area contributed by atoms with E-state index >= 15 is 0 Å². The maximum Gasteiger partial charge on any atom is 0.471 e. The number of aliphatic hydroxyl groups is 3. The lowest BCUT2D eigenvalue weighted by molar-refractivity contribution is -0.298. The minimum absolute atomic E-state index is 0.0946. The van der Waals surface area contributed by atoms with Gasteiger partial charge in [0.2, 0.25) is 5.91 Å². The predicted octanol–water partition coefficient (Wildman–Crippen LogP) is -0.0950. The molecule has 1 saturated heterocycles. The van der Waals surface area contributed by atoms with Gasteiger partial charge in [-0.05, 0) is 25.7 Å². The summed E-state index contributed by atoms with van der Waals surface area (Å²) in [6.07, 6.45) is -4.72. The Morgan fingerprint density at radius 2 is 1.79 bits per heavy atom. The van der Waals surface area contributed by atoms with E-state index in [1.165, 1.54) is 6.92 Å². The number of carbonyl (C=O) groups excluding carboxylic acids is 1. The van der Waals surface area contributed by atoms with Gasteiger partial charge in [0.15, 0.2) is 6.29 Å². The summed E-state index contributed by atoms with van der Waals surface area (Å²) in [6, 6.07) is -1.06. The molecule has 0 aromatic carbocycles. The molecule has 0 aromatic heterocycles. The molecule has 0 aromatic rings. The Hall–Kier alpha value is -0.620. The second kappa shape index (κ2) is 10.1. The molecule has 1 aliphatic rings. The smallest absolute Gasteiger partial charge is 0.394 e. The number of phosphoric acid groups is 1. The Morgan fingerprint density at radius 3 is 2.28 bits per heavy atom. The molecule has 1 aliphatic heterocycles. The normalized spacial score (nSPS) is 30.6. The molecule has 1 amide bonds. The molecule has 1 fully saturated rings. The topological polar surface area (TPSA) is 164 Å². The number of aliphatic hydroxyl groups excluding tert-OH is 3. The van der Waals surface area contributed by atoms with Gasteiger partial charge >= 0.3 is 7.82 Å². The van der Waals surface area contributed by atoms with Crippen molar-refractivity contribution < 1.29 is 48.1 Å². The molecular weight excluding hydrogens is 409 g/mol. The van der Waals surface area contributed by atoms with Gasteiger partial charge < -0.3 is 35.0 Å². The minimum Gasteiger partial charge on any atom is -0.394 e. The number of hydrogen-bond donors (Lipinski definition) is 5. The highest BCUT2D eigenvalue weighted by molar-refractivity contribution is 7.47. The molecule has 0 saturated carbocycles. The van der Waals surface area contributed by atoms with E-state index in [1.54, 1.807) is 27.7 Å². The van der Waals surface area contributed by atoms with Crippen molar-refractivity contribution in [2.75, 3.05) is 20.3 Å². The molecule has 1 rings (SSSR count). The van der Waals surface area contributed by atoms with Crippen LogP contribution in [0.4, 0.5) is 0 Å². The largest absolute Gasteiger partial charge is 0.471 e. The molecule has 6 atom stereocenters. The van der Waals surface area contributed by atoms with Crippen molar-refractivity contribution in [2.45, 2.75) is 77.3 Å². The number of rotatable bonds is 10. The Bertz CT molecular complexity index is 599. The Labute approximate surface area is 170 Å². The van der Waals surface area contributed by atoms with Gasteiger partial charge in [-0.2, -0.15) is 0 Å². The Kier molecular flexibility index (Phi) is 9.22. The first-order valence-electron chi connectivity index (χ1n) is 9.23. The van der Waals surface area contributed by atoms with Crippen LogP contribution in [0.3, 0.4) is 0 Å². The fourth-order valence-electron chi connectivity index (χ4n) is 3.44. The van der Waals surface area contributed by atoms with Crippen molar-refractivity contribution in [3.05, 3.63) is 0 Å². The van der Waals surface area contributed by atoms with Crippen LogP contribution in [0, 0.1) is 5.41 Å². The summed E-state index contributed by atoms with van der Waals surface area (Å²) in [5, 5.41) is 32.3. The van der Waals surface area contributed by atoms with Crippen LogP contribution in [-0.2, 0) is 27.9 Å². The van der Waals surface area contributed by atoms with E-state index in [1.807, 2.05) is 0 Å². The van der Waals surface area contributed by atoms with E-state index in [2.05, 4.69) is 9.84 Å². The SMILES string of the molecule is COP(=O)(O)OCC(C)(C)CC(C)(C)OC1OC(CO)C(O)C(O)C1NC(C)=O. The van der Waals surface area contributed by atoms with E-state index < -0.39 is 62.0 Å². The van der Waals surface area contributed by atoms with Crippen LogP contribution in [0.2, 0.25) is 0 Å². The summed E-state index contributed by atoms with van der Waals surface area (Å²) in [4.78, 5) is 20.9. The number of hydrogen-bond acceptors (Lipinski definition) is 9. The van der Waals surface area contributed by atoms with Crippen LogP contribution in [-0.4, -0.2) is 82.7 Å². The van der Waals surface area contributed by atoms with Gasteiger partial charge in [0.05, 0.1) is 18.8 Å². The summed E-state index contributed by atoms with van der Waals surface area (Å²) < 4.78 is 32.5. The van der Waals surface area contributed by atoms with Crippen LogP contribution < -0.4 is 5.32 Å². The van der Waals surface area contributed by atoms with Crippen molar-refractivity contribution in [1.82, 2.24) is 5.32 Å². The van der Waals surface area contributed by atoms with Crippen molar-refractivity contribution in [3.8, 4) is 0 Å². The highest BCUT2D eigenvalue weighted by Crippen LogP contribution is 2.45. The van der Waals surface area contributed by atoms with Crippen molar-refractivity contribution in [1.29, 1.82) is 0 Å². The molecule has 1 heterocycles. The second-order valence-electron chi connectivity index (χ2n) is 8.58. The number of phosphoric ester groups is 1. The Morgan fingerprint density at radius 1 is 1.21 bits per heavy atom. The van der Waals surface area contributed by atoms with Gasteiger partial charge in [0.25, 0.3) is 0 Å². The van der Waals surface area contributed by atoms with E-state index in [9.17, 15) is 29.6 Å². The molecular formula is C17H34NO10P. The molecule has 5 N–H and O–H groups in total. The van der Waals surface area contributed by atoms with Crippen LogP contribution >= 0.6 is 7.82 Å². The third-order valence-electron chi connectivity index (χ3n) is 4.44. The number of ether oxygens (including phenoxy) is 2. The van der Waals surface area contributed by atoms with Gasteiger partial charge in [-0.25, -0.2) is 4.57 Å². The van der Waals surface area contributed by atoms with E-state index in [0.29, 0.717) is 6.42 Å². The molecule has 29 heavy (non-hydrogen) atoms. The summed E-state index contributed by atoms with van der Waals surface area (Å²) in [5.41, 5.74) is -1.52. The fraction of sp³-hybridized carbons (Fsp3) is 0.941. The van der Waals surface area contributed by atoms with Crippen LogP contribution in [0.15, 0.2) is 0 Å². The van der Waals surface area contributed by atoms with Crippen molar-refractivity contribution in [2.24, 2.45) is 5.41 Å². The second-order valence-corrected chi connectivity index (χ2v) is 10.1. The molecule has 172 valence electrons. The zero-order chi connectivity index (χ0) is 22.6. The number of amides is 1. The quantitative estimate of drug-likeness (QED) is 0.288. The zero-order valence-electron chi connectivity index (χ0n) is 17.7.